The number of halogens is 2. The third-order valence-electron chi connectivity index (χ3n) is 4.76. The predicted molar refractivity (Wildman–Crippen MR) is 107 cm³/mol. The number of hydrogen-bond donors (Lipinski definition) is 1. The molecule has 2 nitrogen and oxygen atoms in total. The van der Waals surface area contributed by atoms with Crippen molar-refractivity contribution < 1.29 is 21.5 Å². The van der Waals surface area contributed by atoms with Gasteiger partial charge in [0.25, 0.3) is 0 Å². The van der Waals surface area contributed by atoms with E-state index in [0.29, 0.717) is 0 Å². The van der Waals surface area contributed by atoms with Crippen LogP contribution in [0.5, 0.6) is 0 Å². The Morgan fingerprint density at radius 2 is 1.69 bits per heavy atom. The first-order valence-electron chi connectivity index (χ1n) is 8.35. The van der Waals surface area contributed by atoms with Gasteiger partial charge in [0.05, 0.1) is 5.52 Å². The van der Waals surface area contributed by atoms with Crippen LogP contribution in [0.2, 0.25) is 0 Å². The van der Waals surface area contributed by atoms with Crippen molar-refractivity contribution in [1.82, 2.24) is 4.98 Å². The first kappa shape index (κ1) is 17.3. The number of aromatic nitrogens is 2. The zero-order chi connectivity index (χ0) is 16.8. The molecule has 0 spiro atoms. The van der Waals surface area contributed by atoms with E-state index in [2.05, 4.69) is 105 Å². The van der Waals surface area contributed by atoms with Gasteiger partial charge in [0.15, 0.2) is 18.9 Å². The van der Waals surface area contributed by atoms with Gasteiger partial charge >= 0.3 is 0 Å². The molecule has 26 heavy (non-hydrogen) atoms. The molecule has 0 bridgehead atoms. The molecule has 0 aliphatic heterocycles. The Hall–Kier alpha value is -2.17. The van der Waals surface area contributed by atoms with E-state index < -0.39 is 0 Å². The van der Waals surface area contributed by atoms with Gasteiger partial charge in [0, 0.05) is 26.9 Å². The Bertz CT molecular complexity index is 1240. The van der Waals surface area contributed by atoms with Crippen LogP contribution in [0.25, 0.3) is 32.6 Å². The summed E-state index contributed by atoms with van der Waals surface area (Å²) in [6, 6.07) is 23.7. The van der Waals surface area contributed by atoms with E-state index in [0.717, 1.165) is 22.1 Å². The summed E-state index contributed by atoms with van der Waals surface area (Å²) in [4.78, 5) is 3.53. The lowest BCUT2D eigenvalue weighted by atomic mass is 10.1. The van der Waals surface area contributed by atoms with Gasteiger partial charge in [-0.15, -0.1) is 0 Å². The van der Waals surface area contributed by atoms with Gasteiger partial charge in [-0.3, -0.25) is 0 Å². The maximum atomic E-state index is 3.63. The molecule has 0 atom stereocenters. The van der Waals surface area contributed by atoms with E-state index in [1.165, 1.54) is 27.1 Å². The van der Waals surface area contributed by atoms with Gasteiger partial charge in [-0.05, 0) is 38.8 Å². The van der Waals surface area contributed by atoms with Crippen LogP contribution in [0.4, 0.5) is 0 Å². The number of nitrogens with one attached hydrogen (secondary N) is 1. The lowest BCUT2D eigenvalue weighted by Crippen LogP contribution is -3.00. The number of rotatable bonds is 2. The third kappa shape index (κ3) is 2.93. The Labute approximate surface area is 170 Å². The molecule has 0 aliphatic rings. The largest absolute Gasteiger partial charge is 1.00 e. The SMILES string of the molecule is Brc1cccc2c1[nH]c1c[n+](Cc3ccc4ccccc4c3)ccc12.[Br-]. The second-order valence-electron chi connectivity index (χ2n) is 6.41. The molecule has 0 saturated heterocycles. The molecule has 4 heteroatoms. The molecule has 0 aliphatic carbocycles. The molecule has 5 aromatic rings. The molecule has 1 N–H and O–H groups in total. The first-order chi connectivity index (χ1) is 12.3. The van der Waals surface area contributed by atoms with Gasteiger partial charge in [0.2, 0.25) is 0 Å². The summed E-state index contributed by atoms with van der Waals surface area (Å²) in [5.74, 6) is 0. The topological polar surface area (TPSA) is 19.7 Å². The fourth-order valence-electron chi connectivity index (χ4n) is 3.53. The van der Waals surface area contributed by atoms with Crippen molar-refractivity contribution in [3.8, 4) is 0 Å². The maximum absolute atomic E-state index is 3.63. The highest BCUT2D eigenvalue weighted by Gasteiger charge is 2.11. The highest BCUT2D eigenvalue weighted by Crippen LogP contribution is 2.29. The summed E-state index contributed by atoms with van der Waals surface area (Å²) >= 11 is 3.63. The number of fused-ring (bicyclic) bond motifs is 4. The van der Waals surface area contributed by atoms with E-state index in [1.807, 2.05) is 0 Å². The van der Waals surface area contributed by atoms with E-state index >= 15 is 0 Å². The quantitative estimate of drug-likeness (QED) is 0.385. The molecular formula is C22H16Br2N2. The van der Waals surface area contributed by atoms with E-state index in [9.17, 15) is 0 Å². The molecule has 2 heterocycles. The van der Waals surface area contributed by atoms with Crippen molar-refractivity contribution in [1.29, 1.82) is 0 Å². The predicted octanol–water partition coefficient (Wildman–Crippen LogP) is 2.58. The van der Waals surface area contributed by atoms with Crippen molar-refractivity contribution in [3.05, 3.63) is 89.2 Å². The molecule has 3 aromatic carbocycles. The Kier molecular flexibility index (Phi) is 4.55. The molecule has 2 aromatic heterocycles. The monoisotopic (exact) mass is 466 g/mol. The molecular weight excluding hydrogens is 452 g/mol. The summed E-state index contributed by atoms with van der Waals surface area (Å²) in [6.45, 7) is 0.858. The highest BCUT2D eigenvalue weighted by molar-refractivity contribution is 9.10. The van der Waals surface area contributed by atoms with E-state index in [1.54, 1.807) is 0 Å². The van der Waals surface area contributed by atoms with Gasteiger partial charge in [0.1, 0.15) is 5.52 Å². The van der Waals surface area contributed by atoms with Crippen LogP contribution >= 0.6 is 15.9 Å². The summed E-state index contributed by atoms with van der Waals surface area (Å²) in [7, 11) is 0. The average Bonchev–Trinajstić information content (AvgIpc) is 3.01. The second kappa shape index (κ2) is 6.86. The van der Waals surface area contributed by atoms with Gasteiger partial charge in [-0.25, -0.2) is 0 Å². The zero-order valence-electron chi connectivity index (χ0n) is 13.9. The third-order valence-corrected chi connectivity index (χ3v) is 5.42. The number of nitrogens with zero attached hydrogens (tertiary/aromatic N) is 1. The maximum Gasteiger partial charge on any atom is 0.193 e. The molecule has 0 radical (unpaired) electrons. The average molecular weight is 468 g/mol. The van der Waals surface area contributed by atoms with Crippen molar-refractivity contribution in [2.24, 2.45) is 0 Å². The lowest BCUT2D eigenvalue weighted by Gasteiger charge is -2.01. The van der Waals surface area contributed by atoms with Gasteiger partial charge < -0.3 is 22.0 Å². The summed E-state index contributed by atoms with van der Waals surface area (Å²) in [5, 5.41) is 5.08. The van der Waals surface area contributed by atoms with E-state index in [4.69, 9.17) is 0 Å². The summed E-state index contributed by atoms with van der Waals surface area (Å²) in [5.41, 5.74) is 3.62. The minimum atomic E-state index is 0. The fraction of sp³-hybridized carbons (Fsp3) is 0.0455. The normalized spacial score (nSPS) is 11.1. The van der Waals surface area contributed by atoms with Gasteiger partial charge in [-0.1, -0.05) is 48.5 Å². The number of benzene rings is 3. The second-order valence-corrected chi connectivity index (χ2v) is 7.27. The summed E-state index contributed by atoms with van der Waals surface area (Å²) in [6.07, 6.45) is 4.35. The smallest absolute Gasteiger partial charge is 0.193 e. The standard InChI is InChI=1S/C22H15BrN2.BrH/c23-20-7-3-6-19-18-10-11-25(14-21(18)24-22(19)20)13-15-8-9-16-4-1-2-5-17(16)12-15;/h1-12,14H,13H2;1H. The van der Waals surface area contributed by atoms with Crippen LogP contribution in [0, 0.1) is 0 Å². The summed E-state index contributed by atoms with van der Waals surface area (Å²) < 4.78 is 3.33. The Morgan fingerprint density at radius 3 is 2.58 bits per heavy atom. The number of aromatic amines is 1. The number of para-hydroxylation sites is 1. The van der Waals surface area contributed by atoms with Crippen LogP contribution in [0.3, 0.4) is 0 Å². The van der Waals surface area contributed by atoms with Crippen molar-refractivity contribution >= 4 is 48.5 Å². The number of hydrogen-bond acceptors (Lipinski definition) is 0. The van der Waals surface area contributed by atoms with Crippen molar-refractivity contribution in [2.45, 2.75) is 6.54 Å². The molecule has 0 saturated carbocycles. The van der Waals surface area contributed by atoms with Crippen molar-refractivity contribution in [3.63, 3.8) is 0 Å². The minimum absolute atomic E-state index is 0. The van der Waals surface area contributed by atoms with Crippen LogP contribution in [0.1, 0.15) is 5.56 Å². The molecule has 128 valence electrons. The van der Waals surface area contributed by atoms with Crippen LogP contribution in [-0.2, 0) is 6.54 Å². The van der Waals surface area contributed by atoms with Crippen LogP contribution in [0.15, 0.2) is 83.6 Å². The molecule has 0 unspecified atom stereocenters. The molecule has 5 rings (SSSR count). The lowest BCUT2D eigenvalue weighted by molar-refractivity contribution is -0.687. The van der Waals surface area contributed by atoms with Crippen molar-refractivity contribution in [2.75, 3.05) is 0 Å². The van der Waals surface area contributed by atoms with Crippen LogP contribution < -0.4 is 21.5 Å². The molecule has 0 amide bonds. The number of pyridine rings is 1. The fourth-order valence-corrected chi connectivity index (χ4v) is 3.99. The Morgan fingerprint density at radius 1 is 0.846 bits per heavy atom. The Balaban J connectivity index is 0.00000168. The minimum Gasteiger partial charge on any atom is -1.00 e. The number of H-pyrrole nitrogens is 1. The zero-order valence-corrected chi connectivity index (χ0v) is 17.1. The highest BCUT2D eigenvalue weighted by atomic mass is 79.9. The molecule has 0 fully saturated rings. The first-order valence-corrected chi connectivity index (χ1v) is 9.14. The van der Waals surface area contributed by atoms with E-state index in [-0.39, 0.29) is 17.0 Å². The van der Waals surface area contributed by atoms with Crippen LogP contribution in [-0.4, -0.2) is 4.98 Å². The van der Waals surface area contributed by atoms with Gasteiger partial charge in [-0.2, -0.15) is 4.57 Å².